The average Bonchev–Trinajstić information content (AvgIpc) is 2.03. The summed E-state index contributed by atoms with van der Waals surface area (Å²) >= 11 is 0. The molecule has 2 heteroatoms. The highest BCUT2D eigenvalue weighted by Gasteiger charge is 2.06. The van der Waals surface area contributed by atoms with Crippen LogP contribution in [0.1, 0.15) is 32.1 Å². The topological polar surface area (TPSA) is 21.6 Å². The molecule has 0 spiro atoms. The first-order valence-corrected chi connectivity index (χ1v) is 3.90. The van der Waals surface area contributed by atoms with Gasteiger partial charge in [-0.1, -0.05) is 11.6 Å². The number of hydrogen-bond donors (Lipinski definition) is 0. The van der Waals surface area contributed by atoms with E-state index in [1.165, 1.54) is 25.0 Å². The second-order valence-corrected chi connectivity index (χ2v) is 2.55. The Morgan fingerprint density at radius 1 is 1.30 bits per heavy atom. The molecule has 2 nitrogen and oxygen atoms in total. The van der Waals surface area contributed by atoms with E-state index in [4.69, 9.17) is 4.84 Å². The fourth-order valence-corrected chi connectivity index (χ4v) is 1.19. The smallest absolute Gasteiger partial charge is 0.117 e. The maximum atomic E-state index is 4.85. The molecule has 0 aromatic carbocycles. The van der Waals surface area contributed by atoms with E-state index >= 15 is 0 Å². The van der Waals surface area contributed by atoms with Crippen LogP contribution in [-0.4, -0.2) is 12.3 Å². The highest BCUT2D eigenvalue weighted by Crippen LogP contribution is 2.14. The van der Waals surface area contributed by atoms with Crippen molar-refractivity contribution in [3.8, 4) is 0 Å². The summed E-state index contributed by atoms with van der Waals surface area (Å²) in [7, 11) is 0. The molecule has 0 atom stereocenters. The summed E-state index contributed by atoms with van der Waals surface area (Å²) in [4.78, 5) is 4.85. The van der Waals surface area contributed by atoms with Crippen LogP contribution in [0.4, 0.5) is 0 Å². The van der Waals surface area contributed by atoms with E-state index in [1.54, 1.807) is 0 Å². The minimum Gasteiger partial charge on any atom is -0.396 e. The van der Waals surface area contributed by atoms with E-state index in [1.807, 2.05) is 0 Å². The zero-order valence-electron chi connectivity index (χ0n) is 6.31. The lowest BCUT2D eigenvalue weighted by Gasteiger charge is -2.10. The Balaban J connectivity index is 2.23. The quantitative estimate of drug-likeness (QED) is 0.538. The van der Waals surface area contributed by atoms with Crippen molar-refractivity contribution in [2.75, 3.05) is 6.61 Å². The maximum absolute atomic E-state index is 4.85. The monoisotopic (exact) mass is 140 g/mol. The second kappa shape index (κ2) is 4.31. The van der Waals surface area contributed by atoms with Crippen molar-refractivity contribution in [2.24, 2.45) is 5.16 Å². The normalized spacial score (nSPS) is 18.7. The Hall–Kier alpha value is -0.530. The Morgan fingerprint density at radius 3 is 2.60 bits per heavy atom. The zero-order chi connectivity index (χ0) is 7.23. The molecule has 0 aromatic heterocycles. The van der Waals surface area contributed by atoms with Gasteiger partial charge in [0.1, 0.15) is 6.61 Å². The lowest BCUT2D eigenvalue weighted by Crippen LogP contribution is -2.05. The first kappa shape index (κ1) is 7.58. The molecule has 1 aliphatic rings. The van der Waals surface area contributed by atoms with Gasteiger partial charge in [0.2, 0.25) is 0 Å². The van der Waals surface area contributed by atoms with Crippen LogP contribution < -0.4 is 0 Å². The van der Waals surface area contributed by atoms with Gasteiger partial charge < -0.3 is 4.84 Å². The molecule has 1 aliphatic carbocycles. The van der Waals surface area contributed by atoms with Gasteiger partial charge in [-0.15, -0.1) is 0 Å². The molecular formula is C8H14NO. The van der Waals surface area contributed by atoms with E-state index in [0.29, 0.717) is 6.61 Å². The summed E-state index contributed by atoms with van der Waals surface area (Å²) in [6.07, 6.45) is 6.15. The van der Waals surface area contributed by atoms with E-state index in [-0.39, 0.29) is 0 Å². The van der Waals surface area contributed by atoms with Crippen LogP contribution in [0, 0.1) is 6.92 Å². The molecule has 0 N–H and O–H groups in total. The minimum absolute atomic E-state index is 0.448. The van der Waals surface area contributed by atoms with Crippen molar-refractivity contribution < 1.29 is 4.84 Å². The molecule has 10 heavy (non-hydrogen) atoms. The number of oxime groups is 1. The first-order valence-electron chi connectivity index (χ1n) is 3.90. The summed E-state index contributed by atoms with van der Waals surface area (Å²) < 4.78 is 0. The van der Waals surface area contributed by atoms with Crippen LogP contribution in [0.15, 0.2) is 5.16 Å². The predicted octanol–water partition coefficient (Wildman–Crippen LogP) is 2.16. The number of nitrogens with zero attached hydrogens (tertiary/aromatic N) is 1. The zero-order valence-corrected chi connectivity index (χ0v) is 6.31. The molecule has 0 heterocycles. The molecule has 1 saturated carbocycles. The van der Waals surface area contributed by atoms with Crippen LogP contribution >= 0.6 is 0 Å². The fourth-order valence-electron chi connectivity index (χ4n) is 1.19. The van der Waals surface area contributed by atoms with Gasteiger partial charge in [-0.3, -0.25) is 0 Å². The number of rotatable bonds is 2. The van der Waals surface area contributed by atoms with Crippen molar-refractivity contribution in [3.63, 3.8) is 0 Å². The summed E-state index contributed by atoms with van der Waals surface area (Å²) in [6, 6.07) is 0. The van der Waals surface area contributed by atoms with Crippen LogP contribution in [-0.2, 0) is 4.84 Å². The van der Waals surface area contributed by atoms with Crippen LogP contribution in [0.25, 0.3) is 0 Å². The van der Waals surface area contributed by atoms with Crippen molar-refractivity contribution in [1.29, 1.82) is 0 Å². The van der Waals surface area contributed by atoms with E-state index in [9.17, 15) is 0 Å². The second-order valence-electron chi connectivity index (χ2n) is 2.55. The molecule has 1 fully saturated rings. The molecule has 0 bridgehead atoms. The third-order valence-corrected chi connectivity index (χ3v) is 1.72. The van der Waals surface area contributed by atoms with Gasteiger partial charge in [-0.2, -0.15) is 0 Å². The van der Waals surface area contributed by atoms with Gasteiger partial charge in [0, 0.05) is 0 Å². The Bertz CT molecular complexity index is 112. The lowest BCUT2D eigenvalue weighted by molar-refractivity contribution is 0.171. The SMILES string of the molecule is [CH2]CON=C1CCCCC1. The lowest BCUT2D eigenvalue weighted by atomic mass is 9.99. The highest BCUT2D eigenvalue weighted by molar-refractivity contribution is 5.84. The predicted molar refractivity (Wildman–Crippen MR) is 41.8 cm³/mol. The molecule has 0 aliphatic heterocycles. The van der Waals surface area contributed by atoms with Crippen LogP contribution in [0.2, 0.25) is 0 Å². The maximum Gasteiger partial charge on any atom is 0.117 e. The molecule has 57 valence electrons. The molecule has 1 rings (SSSR count). The third kappa shape index (κ3) is 2.38. The van der Waals surface area contributed by atoms with Gasteiger partial charge in [0.25, 0.3) is 0 Å². The van der Waals surface area contributed by atoms with Gasteiger partial charge in [0.05, 0.1) is 5.71 Å². The van der Waals surface area contributed by atoms with Crippen LogP contribution in [0.5, 0.6) is 0 Å². The van der Waals surface area contributed by atoms with Crippen LogP contribution in [0.3, 0.4) is 0 Å². The van der Waals surface area contributed by atoms with Crippen molar-refractivity contribution in [3.05, 3.63) is 6.92 Å². The Morgan fingerprint density at radius 2 is 2.00 bits per heavy atom. The molecular weight excluding hydrogens is 126 g/mol. The Labute approximate surface area is 62.3 Å². The first-order chi connectivity index (χ1) is 4.93. The molecule has 0 aromatic rings. The van der Waals surface area contributed by atoms with E-state index in [2.05, 4.69) is 12.1 Å². The third-order valence-electron chi connectivity index (χ3n) is 1.72. The van der Waals surface area contributed by atoms with Gasteiger partial charge in [-0.25, -0.2) is 0 Å². The summed E-state index contributed by atoms with van der Waals surface area (Å²) in [5.41, 5.74) is 1.22. The average molecular weight is 140 g/mol. The molecule has 1 radical (unpaired) electrons. The molecule has 0 saturated heterocycles. The van der Waals surface area contributed by atoms with Gasteiger partial charge >= 0.3 is 0 Å². The van der Waals surface area contributed by atoms with E-state index < -0.39 is 0 Å². The summed E-state index contributed by atoms with van der Waals surface area (Å²) in [5.74, 6) is 0. The van der Waals surface area contributed by atoms with Crippen molar-refractivity contribution in [2.45, 2.75) is 32.1 Å². The largest absolute Gasteiger partial charge is 0.396 e. The Kier molecular flexibility index (Phi) is 3.27. The van der Waals surface area contributed by atoms with Crippen molar-refractivity contribution in [1.82, 2.24) is 0 Å². The highest BCUT2D eigenvalue weighted by atomic mass is 16.6. The standard InChI is InChI=1S/C8H14NO/c1-2-10-9-8-6-4-3-5-7-8/h1-7H2. The number of hydrogen-bond acceptors (Lipinski definition) is 2. The summed E-state index contributed by atoms with van der Waals surface area (Å²) in [6.45, 7) is 3.99. The van der Waals surface area contributed by atoms with Crippen molar-refractivity contribution >= 4 is 5.71 Å². The van der Waals surface area contributed by atoms with Gasteiger partial charge in [0.15, 0.2) is 0 Å². The fraction of sp³-hybridized carbons (Fsp3) is 0.750. The molecule has 0 amide bonds. The van der Waals surface area contributed by atoms with E-state index in [0.717, 1.165) is 12.8 Å². The minimum atomic E-state index is 0.448. The van der Waals surface area contributed by atoms with Gasteiger partial charge in [-0.05, 0) is 32.6 Å². The molecule has 0 unspecified atom stereocenters. The summed E-state index contributed by atoms with van der Waals surface area (Å²) in [5, 5.41) is 3.96.